The third-order valence-corrected chi connectivity index (χ3v) is 5.08. The van der Waals surface area contributed by atoms with Crippen LogP contribution in [0.4, 0.5) is 0 Å². The molecule has 1 saturated heterocycles. The van der Waals surface area contributed by atoms with Gasteiger partial charge in [0.2, 0.25) is 10.0 Å². The van der Waals surface area contributed by atoms with Gasteiger partial charge in [-0.2, -0.15) is 4.31 Å². The summed E-state index contributed by atoms with van der Waals surface area (Å²) in [4.78, 5) is 14.8. The Kier molecular flexibility index (Phi) is 5.27. The molecule has 21 heavy (non-hydrogen) atoms. The van der Waals surface area contributed by atoms with E-state index in [4.69, 9.17) is 9.84 Å². The Morgan fingerprint density at radius 2 is 2.29 bits per heavy atom. The second-order valence-electron chi connectivity index (χ2n) is 4.84. The van der Waals surface area contributed by atoms with Crippen LogP contribution in [0.3, 0.4) is 0 Å². The highest BCUT2D eigenvalue weighted by Crippen LogP contribution is 2.14. The van der Waals surface area contributed by atoms with E-state index in [9.17, 15) is 13.2 Å². The van der Waals surface area contributed by atoms with Gasteiger partial charge in [-0.3, -0.25) is 9.78 Å². The SMILES string of the molecule is O=C(O)CC1CN(S(=O)(=O)CCc2ccccn2)CCO1. The summed E-state index contributed by atoms with van der Waals surface area (Å²) in [6.07, 6.45) is 1.19. The second-order valence-corrected chi connectivity index (χ2v) is 6.92. The number of aryl methyl sites for hydroxylation is 1. The summed E-state index contributed by atoms with van der Waals surface area (Å²) in [6.45, 7) is 0.582. The van der Waals surface area contributed by atoms with E-state index in [1.807, 2.05) is 6.07 Å². The molecule has 1 unspecified atom stereocenters. The number of hydrogen-bond donors (Lipinski definition) is 1. The summed E-state index contributed by atoms with van der Waals surface area (Å²) in [7, 11) is -3.43. The van der Waals surface area contributed by atoms with Crippen molar-refractivity contribution in [2.45, 2.75) is 18.9 Å². The standard InChI is InChI=1S/C13H18N2O5S/c16-13(17)9-12-10-15(6-7-20-12)21(18,19)8-4-11-3-1-2-5-14-11/h1-3,5,12H,4,6-10H2,(H,16,17). The highest BCUT2D eigenvalue weighted by Gasteiger charge is 2.30. The maximum Gasteiger partial charge on any atom is 0.306 e. The fraction of sp³-hybridized carbons (Fsp3) is 0.538. The molecule has 1 aromatic heterocycles. The Balaban J connectivity index is 1.93. The lowest BCUT2D eigenvalue weighted by Crippen LogP contribution is -2.47. The number of carboxylic acid groups (broad SMARTS) is 1. The zero-order valence-electron chi connectivity index (χ0n) is 11.5. The summed E-state index contributed by atoms with van der Waals surface area (Å²) < 4.78 is 31.2. The zero-order valence-corrected chi connectivity index (χ0v) is 12.3. The van der Waals surface area contributed by atoms with Crippen LogP contribution in [0, 0.1) is 0 Å². The molecule has 0 aliphatic carbocycles. The first-order chi connectivity index (χ1) is 9.97. The van der Waals surface area contributed by atoms with Gasteiger partial charge in [-0.15, -0.1) is 0 Å². The van der Waals surface area contributed by atoms with Gasteiger partial charge in [0.25, 0.3) is 0 Å². The minimum atomic E-state index is -3.43. The molecule has 0 amide bonds. The number of sulfonamides is 1. The van der Waals surface area contributed by atoms with Crippen LogP contribution in [-0.4, -0.2) is 60.3 Å². The molecule has 1 aliphatic heterocycles. The number of morpholine rings is 1. The maximum absolute atomic E-state index is 12.3. The van der Waals surface area contributed by atoms with Crippen molar-refractivity contribution in [2.24, 2.45) is 0 Å². The second kappa shape index (κ2) is 6.97. The summed E-state index contributed by atoms with van der Waals surface area (Å²) in [5, 5.41) is 8.75. The molecule has 1 atom stereocenters. The summed E-state index contributed by atoms with van der Waals surface area (Å²) in [6, 6.07) is 5.37. The number of aliphatic carboxylic acids is 1. The summed E-state index contributed by atoms with van der Waals surface area (Å²) in [5.41, 5.74) is 0.719. The van der Waals surface area contributed by atoms with E-state index in [-0.39, 0.29) is 31.9 Å². The van der Waals surface area contributed by atoms with Crippen LogP contribution in [-0.2, 0) is 26.0 Å². The molecule has 1 N–H and O–H groups in total. The van der Waals surface area contributed by atoms with Crippen LogP contribution in [0.1, 0.15) is 12.1 Å². The van der Waals surface area contributed by atoms with Crippen LogP contribution < -0.4 is 0 Å². The van der Waals surface area contributed by atoms with Gasteiger partial charge in [0.15, 0.2) is 0 Å². The van der Waals surface area contributed by atoms with E-state index in [0.717, 1.165) is 5.69 Å². The fourth-order valence-electron chi connectivity index (χ4n) is 2.17. The Hall–Kier alpha value is -1.51. The average molecular weight is 314 g/mol. The van der Waals surface area contributed by atoms with Crippen molar-refractivity contribution in [2.75, 3.05) is 25.4 Å². The molecule has 0 spiro atoms. The van der Waals surface area contributed by atoms with Gasteiger partial charge in [-0.05, 0) is 12.1 Å². The molecule has 0 aromatic carbocycles. The smallest absolute Gasteiger partial charge is 0.306 e. The first-order valence-electron chi connectivity index (χ1n) is 6.68. The molecular weight excluding hydrogens is 296 g/mol. The van der Waals surface area contributed by atoms with E-state index in [0.29, 0.717) is 6.42 Å². The Morgan fingerprint density at radius 3 is 2.95 bits per heavy atom. The van der Waals surface area contributed by atoms with Crippen LogP contribution in [0.25, 0.3) is 0 Å². The normalized spacial score (nSPS) is 20.3. The van der Waals surface area contributed by atoms with Gasteiger partial charge in [-0.25, -0.2) is 8.42 Å². The third kappa shape index (κ3) is 4.76. The Morgan fingerprint density at radius 1 is 1.48 bits per heavy atom. The fourth-order valence-corrected chi connectivity index (χ4v) is 3.64. The molecule has 0 bridgehead atoms. The van der Waals surface area contributed by atoms with Gasteiger partial charge in [0.05, 0.1) is 24.9 Å². The van der Waals surface area contributed by atoms with Crippen LogP contribution in [0.15, 0.2) is 24.4 Å². The molecule has 0 saturated carbocycles. The largest absolute Gasteiger partial charge is 0.481 e. The summed E-state index contributed by atoms with van der Waals surface area (Å²) >= 11 is 0. The van der Waals surface area contributed by atoms with Gasteiger partial charge in [-0.1, -0.05) is 6.07 Å². The number of hydrogen-bond acceptors (Lipinski definition) is 5. The molecule has 1 aliphatic rings. The van der Waals surface area contributed by atoms with Crippen LogP contribution in [0.2, 0.25) is 0 Å². The predicted molar refractivity (Wildman–Crippen MR) is 75.3 cm³/mol. The molecule has 1 aromatic rings. The molecule has 7 nitrogen and oxygen atoms in total. The minimum absolute atomic E-state index is 0.0379. The monoisotopic (exact) mass is 314 g/mol. The highest BCUT2D eigenvalue weighted by molar-refractivity contribution is 7.89. The molecule has 0 radical (unpaired) electrons. The number of nitrogens with zero attached hydrogens (tertiary/aromatic N) is 2. The maximum atomic E-state index is 12.3. The van der Waals surface area contributed by atoms with E-state index in [1.165, 1.54) is 4.31 Å². The molecule has 2 rings (SSSR count). The van der Waals surface area contributed by atoms with Crippen molar-refractivity contribution < 1.29 is 23.1 Å². The van der Waals surface area contributed by atoms with Crippen molar-refractivity contribution in [3.8, 4) is 0 Å². The van der Waals surface area contributed by atoms with Crippen LogP contribution in [0.5, 0.6) is 0 Å². The molecule has 1 fully saturated rings. The van der Waals surface area contributed by atoms with Crippen molar-refractivity contribution in [1.82, 2.24) is 9.29 Å². The zero-order chi connectivity index (χ0) is 15.3. The number of pyridine rings is 1. The molecule has 2 heterocycles. The van der Waals surface area contributed by atoms with Gasteiger partial charge < -0.3 is 9.84 Å². The number of carbonyl (C=O) groups is 1. The van der Waals surface area contributed by atoms with E-state index in [2.05, 4.69) is 4.98 Å². The predicted octanol–water partition coefficient (Wildman–Crippen LogP) is 0.129. The lowest BCUT2D eigenvalue weighted by molar-refractivity contribution is -0.141. The number of ether oxygens (including phenoxy) is 1. The van der Waals surface area contributed by atoms with Gasteiger partial charge >= 0.3 is 5.97 Å². The minimum Gasteiger partial charge on any atom is -0.481 e. The number of carboxylic acids is 1. The summed E-state index contributed by atoms with van der Waals surface area (Å²) in [5.74, 6) is -1.03. The number of rotatable bonds is 6. The number of aromatic nitrogens is 1. The quantitative estimate of drug-likeness (QED) is 0.801. The Bertz CT molecular complexity index is 575. The molecule has 8 heteroatoms. The van der Waals surface area contributed by atoms with Crippen molar-refractivity contribution >= 4 is 16.0 Å². The Labute approximate surface area is 123 Å². The lowest BCUT2D eigenvalue weighted by atomic mass is 10.2. The van der Waals surface area contributed by atoms with Crippen molar-refractivity contribution in [3.05, 3.63) is 30.1 Å². The van der Waals surface area contributed by atoms with E-state index in [1.54, 1.807) is 18.3 Å². The lowest BCUT2D eigenvalue weighted by Gasteiger charge is -2.31. The average Bonchev–Trinajstić information content (AvgIpc) is 2.46. The highest BCUT2D eigenvalue weighted by atomic mass is 32.2. The van der Waals surface area contributed by atoms with Gasteiger partial charge in [0, 0.05) is 31.4 Å². The van der Waals surface area contributed by atoms with Gasteiger partial charge in [0.1, 0.15) is 0 Å². The molecule has 116 valence electrons. The van der Waals surface area contributed by atoms with E-state index >= 15 is 0 Å². The third-order valence-electron chi connectivity index (χ3n) is 3.24. The van der Waals surface area contributed by atoms with Crippen molar-refractivity contribution in [1.29, 1.82) is 0 Å². The first-order valence-corrected chi connectivity index (χ1v) is 8.29. The molecular formula is C13H18N2O5S. The van der Waals surface area contributed by atoms with Crippen LogP contribution >= 0.6 is 0 Å². The van der Waals surface area contributed by atoms with Crippen molar-refractivity contribution in [3.63, 3.8) is 0 Å². The first kappa shape index (κ1) is 15.9. The van der Waals surface area contributed by atoms with E-state index < -0.39 is 22.1 Å². The topological polar surface area (TPSA) is 96.8 Å².